The van der Waals surface area contributed by atoms with Crippen LogP contribution in [0.1, 0.15) is 16.8 Å². The number of carbonyl (C=O) groups excluding carboxylic acids is 1. The highest BCUT2D eigenvalue weighted by Gasteiger charge is 2.41. The number of carbonyl (C=O) groups is 1. The molecule has 2 atom stereocenters. The molecule has 2 unspecified atom stereocenters. The largest absolute Gasteiger partial charge is 0.334 e. The first-order valence-corrected chi connectivity index (χ1v) is 7.98. The maximum Gasteiger partial charge on any atom is 0.256 e. The molecule has 0 aromatic carbocycles. The van der Waals surface area contributed by atoms with Crippen molar-refractivity contribution < 1.29 is 4.79 Å². The molecular formula is C12H14N2OS2. The zero-order chi connectivity index (χ0) is 11.8. The molecule has 0 saturated carbocycles. The van der Waals surface area contributed by atoms with E-state index >= 15 is 0 Å². The summed E-state index contributed by atoms with van der Waals surface area (Å²) in [6, 6.07) is 4.18. The van der Waals surface area contributed by atoms with Crippen LogP contribution in [0.3, 0.4) is 0 Å². The molecule has 2 fully saturated rings. The molecule has 3 rings (SSSR count). The van der Waals surface area contributed by atoms with E-state index in [2.05, 4.69) is 4.98 Å². The molecule has 1 aromatic heterocycles. The molecule has 17 heavy (non-hydrogen) atoms. The Bertz CT molecular complexity index is 452. The van der Waals surface area contributed by atoms with Crippen LogP contribution in [0, 0.1) is 0 Å². The van der Waals surface area contributed by atoms with Crippen LogP contribution in [0.2, 0.25) is 0 Å². The highest BCUT2D eigenvalue weighted by atomic mass is 32.2. The molecule has 3 heterocycles. The number of hydrogen-bond donors (Lipinski definition) is 0. The van der Waals surface area contributed by atoms with Crippen LogP contribution in [-0.2, 0) is 0 Å². The lowest BCUT2D eigenvalue weighted by atomic mass is 10.2. The molecule has 2 aliphatic rings. The van der Waals surface area contributed by atoms with E-state index in [0.29, 0.717) is 11.3 Å². The van der Waals surface area contributed by atoms with Gasteiger partial charge >= 0.3 is 0 Å². The molecule has 1 aromatic rings. The summed E-state index contributed by atoms with van der Waals surface area (Å²) in [4.78, 5) is 18.8. The van der Waals surface area contributed by atoms with E-state index in [1.807, 2.05) is 35.1 Å². The van der Waals surface area contributed by atoms with Crippen molar-refractivity contribution in [1.82, 2.24) is 9.88 Å². The first kappa shape index (κ1) is 11.4. The smallest absolute Gasteiger partial charge is 0.256 e. The van der Waals surface area contributed by atoms with Crippen molar-refractivity contribution in [3.63, 3.8) is 0 Å². The summed E-state index contributed by atoms with van der Waals surface area (Å²) in [6.45, 7) is 0.914. The molecular weight excluding hydrogens is 252 g/mol. The Morgan fingerprint density at radius 3 is 3.18 bits per heavy atom. The minimum atomic E-state index is 0.162. The number of rotatable bonds is 2. The fourth-order valence-corrected chi connectivity index (χ4v) is 4.50. The van der Waals surface area contributed by atoms with Crippen molar-refractivity contribution >= 4 is 29.4 Å². The summed E-state index contributed by atoms with van der Waals surface area (Å²) in [5.41, 5.74) is 0.762. The molecule has 1 amide bonds. The molecule has 0 spiro atoms. The number of likely N-dealkylation sites (tertiary alicyclic amines) is 1. The third kappa shape index (κ3) is 1.95. The highest BCUT2D eigenvalue weighted by Crippen LogP contribution is 2.38. The summed E-state index contributed by atoms with van der Waals surface area (Å²) < 4.78 is 0. The van der Waals surface area contributed by atoms with Crippen LogP contribution in [0.15, 0.2) is 23.4 Å². The summed E-state index contributed by atoms with van der Waals surface area (Å²) in [7, 11) is 0. The number of hydrogen-bond acceptors (Lipinski definition) is 4. The minimum Gasteiger partial charge on any atom is -0.334 e. The molecule has 0 radical (unpaired) electrons. The van der Waals surface area contributed by atoms with Crippen molar-refractivity contribution in [3.05, 3.63) is 23.9 Å². The van der Waals surface area contributed by atoms with E-state index in [1.165, 1.54) is 18.2 Å². The number of nitrogens with zero attached hydrogens (tertiary/aromatic N) is 2. The van der Waals surface area contributed by atoms with Gasteiger partial charge in [-0.1, -0.05) is 0 Å². The molecule has 0 N–H and O–H groups in total. The number of pyridine rings is 1. The minimum absolute atomic E-state index is 0.162. The predicted molar refractivity (Wildman–Crippen MR) is 71.7 cm³/mol. The van der Waals surface area contributed by atoms with E-state index in [-0.39, 0.29) is 5.91 Å². The van der Waals surface area contributed by atoms with Gasteiger partial charge in [-0.05, 0) is 24.8 Å². The summed E-state index contributed by atoms with van der Waals surface area (Å²) in [6.07, 6.45) is 4.88. The van der Waals surface area contributed by atoms with Gasteiger partial charge in [-0.25, -0.2) is 4.98 Å². The van der Waals surface area contributed by atoms with Crippen LogP contribution in [-0.4, -0.2) is 45.6 Å². The van der Waals surface area contributed by atoms with Crippen molar-refractivity contribution in [2.45, 2.75) is 22.7 Å². The van der Waals surface area contributed by atoms with Gasteiger partial charge in [0.05, 0.1) is 5.56 Å². The van der Waals surface area contributed by atoms with E-state index in [9.17, 15) is 4.79 Å². The van der Waals surface area contributed by atoms with Gasteiger partial charge in [0.25, 0.3) is 5.91 Å². The van der Waals surface area contributed by atoms with Gasteiger partial charge < -0.3 is 4.90 Å². The van der Waals surface area contributed by atoms with Gasteiger partial charge in [-0.15, -0.1) is 11.8 Å². The highest BCUT2D eigenvalue weighted by molar-refractivity contribution is 8.00. The lowest BCUT2D eigenvalue weighted by Gasteiger charge is -2.27. The van der Waals surface area contributed by atoms with Crippen molar-refractivity contribution in [2.75, 3.05) is 18.6 Å². The lowest BCUT2D eigenvalue weighted by molar-refractivity contribution is 0.0743. The maximum atomic E-state index is 12.5. The predicted octanol–water partition coefficient (Wildman–Crippen LogP) is 2.13. The first-order chi connectivity index (χ1) is 8.29. The Kier molecular flexibility index (Phi) is 3.04. The second-order valence-corrected chi connectivity index (χ2v) is 6.49. The molecule has 3 nitrogen and oxygen atoms in total. The zero-order valence-corrected chi connectivity index (χ0v) is 11.3. The monoisotopic (exact) mass is 266 g/mol. The Morgan fingerprint density at radius 1 is 1.65 bits per heavy atom. The molecule has 5 heteroatoms. The summed E-state index contributed by atoms with van der Waals surface area (Å²) >= 11 is 3.54. The number of amides is 1. The number of aromatic nitrogens is 1. The molecule has 2 aliphatic heterocycles. The Hall–Kier alpha value is -0.680. The van der Waals surface area contributed by atoms with Crippen LogP contribution < -0.4 is 0 Å². The topological polar surface area (TPSA) is 33.2 Å². The average Bonchev–Trinajstić information content (AvgIpc) is 3.00. The van der Waals surface area contributed by atoms with Crippen LogP contribution in [0.25, 0.3) is 0 Å². The average molecular weight is 266 g/mol. The maximum absolute atomic E-state index is 12.5. The summed E-state index contributed by atoms with van der Waals surface area (Å²) in [5.74, 6) is 1.26. The zero-order valence-electron chi connectivity index (χ0n) is 9.63. The van der Waals surface area contributed by atoms with Crippen LogP contribution >= 0.6 is 23.5 Å². The molecule has 2 bridgehead atoms. The molecule has 2 saturated heterocycles. The SMILES string of the molecule is CSc1ncccc1C(=O)N1CC2CC1CS2. The first-order valence-electron chi connectivity index (χ1n) is 5.71. The Balaban J connectivity index is 1.86. The fraction of sp³-hybridized carbons (Fsp3) is 0.500. The number of thioether (sulfide) groups is 2. The van der Waals surface area contributed by atoms with Gasteiger partial charge in [0.1, 0.15) is 5.03 Å². The van der Waals surface area contributed by atoms with E-state index < -0.39 is 0 Å². The van der Waals surface area contributed by atoms with Gasteiger partial charge in [0.2, 0.25) is 0 Å². The van der Waals surface area contributed by atoms with Crippen molar-refractivity contribution in [3.8, 4) is 0 Å². The lowest BCUT2D eigenvalue weighted by Crippen LogP contribution is -2.39. The second kappa shape index (κ2) is 4.53. The summed E-state index contributed by atoms with van der Waals surface area (Å²) in [5, 5.41) is 1.51. The molecule has 90 valence electrons. The standard InChI is InChI=1S/C12H14N2OS2/c1-16-11-10(3-2-4-13-11)12(15)14-6-9-5-8(14)7-17-9/h2-4,8-9H,5-7H2,1H3. The number of fused-ring (bicyclic) bond motifs is 2. The van der Waals surface area contributed by atoms with E-state index in [1.54, 1.807) is 6.20 Å². The third-order valence-electron chi connectivity index (χ3n) is 3.36. The van der Waals surface area contributed by atoms with Crippen molar-refractivity contribution in [2.24, 2.45) is 0 Å². The van der Waals surface area contributed by atoms with Gasteiger partial charge in [0, 0.05) is 29.8 Å². The van der Waals surface area contributed by atoms with Crippen LogP contribution in [0.5, 0.6) is 0 Å². The Morgan fingerprint density at radius 2 is 2.53 bits per heavy atom. The van der Waals surface area contributed by atoms with Gasteiger partial charge in [-0.3, -0.25) is 4.79 Å². The van der Waals surface area contributed by atoms with Crippen LogP contribution in [0.4, 0.5) is 0 Å². The fourth-order valence-electron chi connectivity index (χ4n) is 2.52. The van der Waals surface area contributed by atoms with Crippen molar-refractivity contribution in [1.29, 1.82) is 0 Å². The quantitative estimate of drug-likeness (QED) is 0.768. The molecule has 0 aliphatic carbocycles. The van der Waals surface area contributed by atoms with E-state index in [4.69, 9.17) is 0 Å². The normalized spacial score (nSPS) is 26.5. The Labute approximate surface area is 109 Å². The third-order valence-corrected chi connectivity index (χ3v) is 5.46. The van der Waals surface area contributed by atoms with Gasteiger partial charge in [0.15, 0.2) is 0 Å². The van der Waals surface area contributed by atoms with Gasteiger partial charge in [-0.2, -0.15) is 11.8 Å². The van der Waals surface area contributed by atoms with E-state index in [0.717, 1.165) is 22.9 Å². The second-order valence-electron chi connectivity index (χ2n) is 4.36.